The molecule has 1 heterocycles. The normalized spacial score (nSPS) is 11.0. The monoisotopic (exact) mass is 449 g/mol. The van der Waals surface area contributed by atoms with Crippen LogP contribution in [0.1, 0.15) is 31.2 Å². The molecule has 10 heteroatoms. The minimum atomic E-state index is -1.06. The van der Waals surface area contributed by atoms with Crippen LogP contribution in [0.25, 0.3) is 0 Å². The van der Waals surface area contributed by atoms with E-state index in [4.69, 9.17) is 28.3 Å². The second kappa shape index (κ2) is 9.04. The van der Waals surface area contributed by atoms with Crippen molar-refractivity contribution in [1.29, 1.82) is 0 Å². The summed E-state index contributed by atoms with van der Waals surface area (Å²) in [7, 11) is 0. The summed E-state index contributed by atoms with van der Waals surface area (Å²) in [6, 6.07) is 12.5. The first-order valence-corrected chi connectivity index (χ1v) is 9.72. The van der Waals surface area contributed by atoms with Gasteiger partial charge in [0, 0.05) is 10.6 Å². The minimum absolute atomic E-state index is 0.111. The average molecular weight is 450 g/mol. The van der Waals surface area contributed by atoms with Gasteiger partial charge in [0.05, 0.1) is 23.2 Å². The van der Waals surface area contributed by atoms with Crippen molar-refractivity contribution >= 4 is 52.6 Å². The molecule has 7 nitrogen and oxygen atoms in total. The molecule has 0 aliphatic carbocycles. The summed E-state index contributed by atoms with van der Waals surface area (Å²) >= 11 is 12.9. The van der Waals surface area contributed by atoms with Crippen molar-refractivity contribution in [2.75, 3.05) is 0 Å². The van der Waals surface area contributed by atoms with Crippen LogP contribution in [0, 0.1) is 0 Å². The molecular weight excluding hydrogens is 437 g/mol. The summed E-state index contributed by atoms with van der Waals surface area (Å²) in [6.07, 6.45) is 1.28. The van der Waals surface area contributed by atoms with Crippen LogP contribution < -0.4 is 10.3 Å². The van der Waals surface area contributed by atoms with Crippen LogP contribution in [0.4, 0.5) is 0 Å². The maximum Gasteiger partial charge on any atom is 0.335 e. The van der Waals surface area contributed by atoms with Crippen LogP contribution >= 0.6 is 34.5 Å². The Hall–Kier alpha value is -2.94. The fourth-order valence-corrected chi connectivity index (χ4v) is 3.65. The highest BCUT2D eigenvalue weighted by molar-refractivity contribution is 7.11. The number of nitrogens with zero attached hydrogens (tertiary/aromatic N) is 2. The molecule has 0 aliphatic heterocycles. The zero-order valence-corrected chi connectivity index (χ0v) is 17.0. The number of hydrogen-bond acceptors (Lipinski definition) is 5. The Morgan fingerprint density at radius 2 is 1.86 bits per heavy atom. The van der Waals surface area contributed by atoms with Gasteiger partial charge in [0.15, 0.2) is 0 Å². The molecule has 2 N–H and O–H groups in total. The standard InChI is InChI=1S/C19H13Cl2N3O4S/c20-14-6-4-12(5-7-14)17(25)23-22-9-15-16(21)24(19(28)29-15)10-11-2-1-3-13(8-11)18(26)27/h1-9H,10H2,(H,23,25)(H,26,27). The molecule has 0 unspecified atom stereocenters. The van der Waals surface area contributed by atoms with Crippen molar-refractivity contribution in [3.05, 3.63) is 89.9 Å². The number of carbonyl (C=O) groups is 2. The maximum absolute atomic E-state index is 12.3. The van der Waals surface area contributed by atoms with E-state index in [0.717, 1.165) is 11.3 Å². The molecule has 0 bridgehead atoms. The quantitative estimate of drug-likeness (QED) is 0.442. The summed E-state index contributed by atoms with van der Waals surface area (Å²) < 4.78 is 1.30. The predicted molar refractivity (Wildman–Crippen MR) is 113 cm³/mol. The number of thiazole rings is 1. The number of carboxylic acids is 1. The second-order valence-corrected chi connectivity index (χ2v) is 7.61. The zero-order chi connectivity index (χ0) is 21.0. The van der Waals surface area contributed by atoms with Crippen molar-refractivity contribution < 1.29 is 14.7 Å². The van der Waals surface area contributed by atoms with Crippen molar-refractivity contribution in [3.63, 3.8) is 0 Å². The Morgan fingerprint density at radius 1 is 1.14 bits per heavy atom. The lowest BCUT2D eigenvalue weighted by atomic mass is 10.1. The van der Waals surface area contributed by atoms with Crippen molar-refractivity contribution in [3.8, 4) is 0 Å². The highest BCUT2D eigenvalue weighted by atomic mass is 35.5. The van der Waals surface area contributed by atoms with Crippen molar-refractivity contribution in [2.45, 2.75) is 6.54 Å². The molecule has 3 aromatic rings. The number of aromatic carboxylic acids is 1. The van der Waals surface area contributed by atoms with Crippen LogP contribution in [-0.2, 0) is 6.54 Å². The Morgan fingerprint density at radius 3 is 2.55 bits per heavy atom. The van der Waals surface area contributed by atoms with Gasteiger partial charge in [-0.3, -0.25) is 14.2 Å². The highest BCUT2D eigenvalue weighted by Gasteiger charge is 2.13. The van der Waals surface area contributed by atoms with Gasteiger partial charge in [0.1, 0.15) is 5.15 Å². The number of benzene rings is 2. The van der Waals surface area contributed by atoms with E-state index < -0.39 is 11.9 Å². The Bertz CT molecular complexity index is 1150. The van der Waals surface area contributed by atoms with Gasteiger partial charge < -0.3 is 5.11 Å². The molecule has 0 atom stereocenters. The van der Waals surface area contributed by atoms with E-state index in [-0.39, 0.29) is 22.1 Å². The Kier molecular flexibility index (Phi) is 6.48. The van der Waals surface area contributed by atoms with Crippen LogP contribution in [0.15, 0.2) is 58.4 Å². The van der Waals surface area contributed by atoms with E-state index in [2.05, 4.69) is 10.5 Å². The third-order valence-corrected chi connectivity index (χ3v) is 5.51. The summed E-state index contributed by atoms with van der Waals surface area (Å²) in [5.41, 5.74) is 3.46. The van der Waals surface area contributed by atoms with Gasteiger partial charge in [-0.2, -0.15) is 5.10 Å². The van der Waals surface area contributed by atoms with Crippen LogP contribution in [0.5, 0.6) is 0 Å². The SMILES string of the molecule is O=C(O)c1cccc(Cn2c(Cl)c(C=NNC(=O)c3ccc(Cl)cc3)sc2=O)c1. The topological polar surface area (TPSA) is 101 Å². The molecule has 0 radical (unpaired) electrons. The number of hydrazone groups is 1. The van der Waals surface area contributed by atoms with E-state index in [9.17, 15) is 14.4 Å². The molecule has 3 rings (SSSR count). The number of rotatable bonds is 6. The van der Waals surface area contributed by atoms with Gasteiger partial charge in [0.25, 0.3) is 5.91 Å². The molecule has 0 saturated carbocycles. The number of halogens is 2. The molecule has 2 aromatic carbocycles. The molecular formula is C19H13Cl2N3O4S. The molecule has 0 fully saturated rings. The Labute approximate surface area is 178 Å². The summed E-state index contributed by atoms with van der Waals surface area (Å²) in [5, 5.41) is 13.6. The number of hydrogen-bond donors (Lipinski definition) is 2. The minimum Gasteiger partial charge on any atom is -0.478 e. The first-order valence-electron chi connectivity index (χ1n) is 8.15. The van der Waals surface area contributed by atoms with Gasteiger partial charge in [-0.1, -0.05) is 46.7 Å². The van der Waals surface area contributed by atoms with E-state index in [0.29, 0.717) is 21.0 Å². The van der Waals surface area contributed by atoms with Crippen LogP contribution in [0.3, 0.4) is 0 Å². The van der Waals surface area contributed by atoms with Gasteiger partial charge >= 0.3 is 10.8 Å². The number of nitrogens with one attached hydrogen (secondary N) is 1. The van der Waals surface area contributed by atoms with Crippen LogP contribution in [0.2, 0.25) is 10.2 Å². The van der Waals surface area contributed by atoms with Gasteiger partial charge in [0.2, 0.25) is 0 Å². The van der Waals surface area contributed by atoms with Crippen molar-refractivity contribution in [2.24, 2.45) is 5.10 Å². The third-order valence-electron chi connectivity index (χ3n) is 3.83. The smallest absolute Gasteiger partial charge is 0.335 e. The lowest BCUT2D eigenvalue weighted by Gasteiger charge is -2.05. The van der Waals surface area contributed by atoms with Gasteiger partial charge in [-0.05, 0) is 42.0 Å². The second-order valence-electron chi connectivity index (χ2n) is 5.82. The summed E-state index contributed by atoms with van der Waals surface area (Å²) in [6.45, 7) is 0.111. The Balaban J connectivity index is 1.73. The van der Waals surface area contributed by atoms with Gasteiger partial charge in [-0.25, -0.2) is 10.2 Å². The maximum atomic E-state index is 12.3. The summed E-state index contributed by atoms with van der Waals surface area (Å²) in [4.78, 5) is 35.4. The fourth-order valence-electron chi connectivity index (χ4n) is 2.42. The van der Waals surface area contributed by atoms with Crippen LogP contribution in [-0.4, -0.2) is 27.8 Å². The summed E-state index contributed by atoms with van der Waals surface area (Å²) in [5.74, 6) is -1.49. The number of carboxylic acid groups (broad SMARTS) is 1. The third kappa shape index (κ3) is 5.11. The average Bonchev–Trinajstić information content (AvgIpc) is 2.96. The van der Waals surface area contributed by atoms with E-state index in [1.165, 1.54) is 22.9 Å². The lowest BCUT2D eigenvalue weighted by Crippen LogP contribution is -2.17. The molecule has 148 valence electrons. The largest absolute Gasteiger partial charge is 0.478 e. The molecule has 1 aromatic heterocycles. The predicted octanol–water partition coefficient (Wildman–Crippen LogP) is 3.73. The number of aromatic nitrogens is 1. The molecule has 29 heavy (non-hydrogen) atoms. The first-order chi connectivity index (χ1) is 13.8. The number of amides is 1. The van der Waals surface area contributed by atoms with E-state index >= 15 is 0 Å². The number of carbonyl (C=O) groups excluding carboxylic acids is 1. The first kappa shape index (κ1) is 20.8. The van der Waals surface area contributed by atoms with Crippen molar-refractivity contribution in [1.82, 2.24) is 9.99 Å². The lowest BCUT2D eigenvalue weighted by molar-refractivity contribution is 0.0696. The zero-order valence-electron chi connectivity index (χ0n) is 14.6. The highest BCUT2D eigenvalue weighted by Crippen LogP contribution is 2.19. The molecule has 1 amide bonds. The van der Waals surface area contributed by atoms with Gasteiger partial charge in [-0.15, -0.1) is 0 Å². The molecule has 0 spiro atoms. The van der Waals surface area contributed by atoms with E-state index in [1.807, 2.05) is 0 Å². The van der Waals surface area contributed by atoms with E-state index in [1.54, 1.807) is 36.4 Å². The molecule has 0 saturated heterocycles. The molecule has 0 aliphatic rings. The fraction of sp³-hybridized carbons (Fsp3) is 0.0526.